The van der Waals surface area contributed by atoms with E-state index in [2.05, 4.69) is 15.6 Å². The van der Waals surface area contributed by atoms with Gasteiger partial charge in [-0.1, -0.05) is 0 Å². The van der Waals surface area contributed by atoms with E-state index in [9.17, 15) is 4.79 Å². The summed E-state index contributed by atoms with van der Waals surface area (Å²) in [6.07, 6.45) is 1.65. The summed E-state index contributed by atoms with van der Waals surface area (Å²) in [4.78, 5) is 15.8. The summed E-state index contributed by atoms with van der Waals surface area (Å²) >= 11 is 0. The third kappa shape index (κ3) is 3.04. The van der Waals surface area contributed by atoms with Crippen LogP contribution in [0.2, 0.25) is 0 Å². The number of nitrogens with one attached hydrogen (secondary N) is 2. The second kappa shape index (κ2) is 5.43. The van der Waals surface area contributed by atoms with E-state index >= 15 is 0 Å². The topological polar surface area (TPSA) is 93.2 Å². The summed E-state index contributed by atoms with van der Waals surface area (Å²) in [6, 6.07) is 5.07. The number of aryl methyl sites for hydroxylation is 1. The Morgan fingerprint density at radius 2 is 2.26 bits per heavy atom. The van der Waals surface area contributed by atoms with Crippen LogP contribution in [0.4, 0.5) is 11.4 Å². The molecule has 1 amide bonds. The van der Waals surface area contributed by atoms with Gasteiger partial charge in [0.2, 0.25) is 5.89 Å². The number of nitrogen functional groups attached to an aromatic ring is 1. The molecule has 0 radical (unpaired) electrons. The van der Waals surface area contributed by atoms with Crippen LogP contribution in [0.25, 0.3) is 0 Å². The number of carbonyl (C=O) groups excluding carboxylic acids is 1. The summed E-state index contributed by atoms with van der Waals surface area (Å²) < 4.78 is 5.36. The molecule has 0 spiro atoms. The molecule has 1 aromatic heterocycles. The molecule has 0 saturated heterocycles. The maximum Gasteiger partial charge on any atom is 0.253 e. The third-order valence-electron chi connectivity index (χ3n) is 2.61. The first-order valence-corrected chi connectivity index (χ1v) is 5.87. The quantitative estimate of drug-likeness (QED) is 0.725. The lowest BCUT2D eigenvalue weighted by Crippen LogP contribution is -2.19. The lowest BCUT2D eigenvalue weighted by atomic mass is 10.1. The van der Waals surface area contributed by atoms with Crippen LogP contribution >= 0.6 is 0 Å². The van der Waals surface area contributed by atoms with E-state index in [1.165, 1.54) is 0 Å². The van der Waals surface area contributed by atoms with Crippen molar-refractivity contribution < 1.29 is 9.21 Å². The zero-order valence-electron chi connectivity index (χ0n) is 10.9. The Kier molecular flexibility index (Phi) is 3.70. The first-order chi connectivity index (χ1) is 9.10. The van der Waals surface area contributed by atoms with E-state index in [-0.39, 0.29) is 5.91 Å². The molecule has 1 heterocycles. The van der Waals surface area contributed by atoms with Crippen molar-refractivity contribution in [1.29, 1.82) is 0 Å². The summed E-state index contributed by atoms with van der Waals surface area (Å²) in [6.45, 7) is 2.22. The zero-order chi connectivity index (χ0) is 13.8. The highest BCUT2D eigenvalue weighted by Gasteiger charge is 2.11. The molecule has 2 aromatic rings. The molecule has 0 bridgehead atoms. The van der Waals surface area contributed by atoms with Gasteiger partial charge in [0.15, 0.2) is 0 Å². The van der Waals surface area contributed by atoms with Crippen LogP contribution in [-0.2, 0) is 6.54 Å². The van der Waals surface area contributed by atoms with Gasteiger partial charge in [0.25, 0.3) is 5.91 Å². The van der Waals surface area contributed by atoms with Crippen LogP contribution in [0.5, 0.6) is 0 Å². The number of aromatic nitrogens is 1. The van der Waals surface area contributed by atoms with Crippen molar-refractivity contribution in [3.63, 3.8) is 0 Å². The molecule has 0 unspecified atom stereocenters. The lowest BCUT2D eigenvalue weighted by molar-refractivity contribution is 0.0964. The number of anilines is 2. The molecule has 0 saturated carbocycles. The van der Waals surface area contributed by atoms with Gasteiger partial charge in [0, 0.05) is 18.4 Å². The summed E-state index contributed by atoms with van der Waals surface area (Å²) in [7, 11) is 1.58. The predicted molar refractivity (Wildman–Crippen MR) is 72.8 cm³/mol. The lowest BCUT2D eigenvalue weighted by Gasteiger charge is -2.10. The average Bonchev–Trinajstić information content (AvgIpc) is 2.81. The number of benzene rings is 1. The minimum absolute atomic E-state index is 0.175. The normalized spacial score (nSPS) is 10.2. The van der Waals surface area contributed by atoms with Gasteiger partial charge in [-0.2, -0.15) is 0 Å². The maximum atomic E-state index is 11.7. The van der Waals surface area contributed by atoms with Crippen molar-refractivity contribution in [3.05, 3.63) is 41.6 Å². The van der Waals surface area contributed by atoms with E-state index < -0.39 is 0 Å². The van der Waals surface area contributed by atoms with Crippen molar-refractivity contribution in [2.24, 2.45) is 0 Å². The van der Waals surface area contributed by atoms with Gasteiger partial charge < -0.3 is 20.8 Å². The second-order valence-electron chi connectivity index (χ2n) is 4.10. The maximum absolute atomic E-state index is 11.7. The minimum Gasteiger partial charge on any atom is -0.444 e. The molecular weight excluding hydrogens is 244 g/mol. The van der Waals surface area contributed by atoms with Gasteiger partial charge in [-0.05, 0) is 25.1 Å². The Labute approximate surface area is 111 Å². The van der Waals surface area contributed by atoms with E-state index in [4.69, 9.17) is 10.2 Å². The highest BCUT2D eigenvalue weighted by atomic mass is 16.4. The predicted octanol–water partition coefficient (Wildman–Crippen LogP) is 1.54. The molecule has 0 fully saturated rings. The smallest absolute Gasteiger partial charge is 0.253 e. The number of hydrogen-bond acceptors (Lipinski definition) is 5. The standard InChI is InChI=1S/C13H16N4O2/c1-8-6-17-12(19-8)7-16-11-5-9(14)3-4-10(11)13(18)15-2/h3-6,16H,7,14H2,1-2H3,(H,15,18). The Balaban J connectivity index is 2.18. The average molecular weight is 260 g/mol. The molecule has 100 valence electrons. The van der Waals surface area contributed by atoms with Gasteiger partial charge >= 0.3 is 0 Å². The van der Waals surface area contributed by atoms with E-state index in [1.807, 2.05) is 6.92 Å². The van der Waals surface area contributed by atoms with E-state index in [0.29, 0.717) is 29.4 Å². The van der Waals surface area contributed by atoms with Crippen LogP contribution in [0.1, 0.15) is 22.0 Å². The molecule has 0 aliphatic carbocycles. The number of nitrogens with two attached hydrogens (primary N) is 1. The molecule has 6 heteroatoms. The summed E-state index contributed by atoms with van der Waals surface area (Å²) in [5.41, 5.74) is 7.49. The van der Waals surface area contributed by atoms with Gasteiger partial charge in [0.05, 0.1) is 18.3 Å². The molecule has 4 N–H and O–H groups in total. The number of rotatable bonds is 4. The molecule has 2 rings (SSSR count). The van der Waals surface area contributed by atoms with Crippen molar-refractivity contribution in [2.75, 3.05) is 18.1 Å². The second-order valence-corrected chi connectivity index (χ2v) is 4.10. The summed E-state index contributed by atoms with van der Waals surface area (Å²) in [5, 5.41) is 5.69. The fourth-order valence-corrected chi connectivity index (χ4v) is 1.69. The molecule has 0 aliphatic heterocycles. The van der Waals surface area contributed by atoms with E-state index in [1.54, 1.807) is 31.4 Å². The highest BCUT2D eigenvalue weighted by molar-refractivity contribution is 6.00. The van der Waals surface area contributed by atoms with E-state index in [0.717, 1.165) is 5.76 Å². The van der Waals surface area contributed by atoms with Crippen molar-refractivity contribution in [1.82, 2.24) is 10.3 Å². The number of carbonyl (C=O) groups is 1. The van der Waals surface area contributed by atoms with Crippen molar-refractivity contribution in [2.45, 2.75) is 13.5 Å². The molecule has 6 nitrogen and oxygen atoms in total. The van der Waals surface area contributed by atoms with Crippen LogP contribution < -0.4 is 16.4 Å². The van der Waals surface area contributed by atoms with Gasteiger partial charge in [-0.3, -0.25) is 4.79 Å². The first kappa shape index (κ1) is 12.9. The van der Waals surface area contributed by atoms with Crippen molar-refractivity contribution >= 4 is 17.3 Å². The fourth-order valence-electron chi connectivity index (χ4n) is 1.69. The molecule has 1 aromatic carbocycles. The van der Waals surface area contributed by atoms with Gasteiger partial charge in [-0.25, -0.2) is 4.98 Å². The number of amides is 1. The largest absolute Gasteiger partial charge is 0.444 e. The summed E-state index contributed by atoms with van der Waals surface area (Å²) in [5.74, 6) is 1.13. The SMILES string of the molecule is CNC(=O)c1ccc(N)cc1NCc1ncc(C)o1. The number of oxazole rings is 1. The van der Waals surface area contributed by atoms with Crippen molar-refractivity contribution in [3.8, 4) is 0 Å². The third-order valence-corrected chi connectivity index (χ3v) is 2.61. The molecule has 19 heavy (non-hydrogen) atoms. The monoisotopic (exact) mass is 260 g/mol. The number of nitrogens with zero attached hydrogens (tertiary/aromatic N) is 1. The Morgan fingerprint density at radius 1 is 1.47 bits per heavy atom. The molecule has 0 aliphatic rings. The molecular formula is C13H16N4O2. The van der Waals surface area contributed by atoms with Crippen LogP contribution in [-0.4, -0.2) is 17.9 Å². The van der Waals surface area contributed by atoms with Crippen LogP contribution in [0.3, 0.4) is 0 Å². The zero-order valence-corrected chi connectivity index (χ0v) is 10.9. The van der Waals surface area contributed by atoms with Crippen LogP contribution in [0.15, 0.2) is 28.8 Å². The Morgan fingerprint density at radius 3 is 2.89 bits per heavy atom. The Hall–Kier alpha value is -2.50. The molecule has 0 atom stereocenters. The van der Waals surface area contributed by atoms with Crippen LogP contribution in [0, 0.1) is 6.92 Å². The first-order valence-electron chi connectivity index (χ1n) is 5.87. The number of hydrogen-bond donors (Lipinski definition) is 3. The van der Waals surface area contributed by atoms with Gasteiger partial charge in [-0.15, -0.1) is 0 Å². The minimum atomic E-state index is -0.175. The highest BCUT2D eigenvalue weighted by Crippen LogP contribution is 2.20. The fraction of sp³-hybridized carbons (Fsp3) is 0.231. The Bertz CT molecular complexity index is 592. The van der Waals surface area contributed by atoms with Gasteiger partial charge in [0.1, 0.15) is 5.76 Å².